The SMILES string of the molecule is Cc1cc(C)cc(CC(C)NC(=O)NC2CCS(=O)(=O)C2)c1. The van der Waals surface area contributed by atoms with Crippen LogP contribution in [0.3, 0.4) is 0 Å². The van der Waals surface area contributed by atoms with E-state index in [1.807, 2.05) is 6.92 Å². The first kappa shape index (κ1) is 16.8. The Hall–Kier alpha value is -1.56. The molecule has 0 saturated carbocycles. The molecule has 0 aromatic heterocycles. The molecule has 1 aromatic rings. The fourth-order valence-electron chi connectivity index (χ4n) is 2.95. The normalized spacial score (nSPS) is 21.3. The zero-order valence-electron chi connectivity index (χ0n) is 13.3. The molecule has 1 aliphatic rings. The lowest BCUT2D eigenvalue weighted by molar-refractivity contribution is 0.235. The number of amides is 2. The molecule has 1 saturated heterocycles. The second-order valence-corrected chi connectivity index (χ2v) is 8.55. The largest absolute Gasteiger partial charge is 0.335 e. The molecule has 0 bridgehead atoms. The smallest absolute Gasteiger partial charge is 0.315 e. The average molecular weight is 324 g/mol. The number of carbonyl (C=O) groups is 1. The van der Waals surface area contributed by atoms with Gasteiger partial charge in [0.15, 0.2) is 9.84 Å². The minimum atomic E-state index is -2.97. The number of rotatable bonds is 4. The van der Waals surface area contributed by atoms with Gasteiger partial charge < -0.3 is 10.6 Å². The van der Waals surface area contributed by atoms with E-state index in [4.69, 9.17) is 0 Å². The van der Waals surface area contributed by atoms with Gasteiger partial charge in [-0.3, -0.25) is 0 Å². The maximum Gasteiger partial charge on any atom is 0.315 e. The van der Waals surface area contributed by atoms with Crippen LogP contribution in [0.4, 0.5) is 4.79 Å². The summed E-state index contributed by atoms with van der Waals surface area (Å²) in [7, 11) is -2.97. The summed E-state index contributed by atoms with van der Waals surface area (Å²) < 4.78 is 22.8. The van der Waals surface area contributed by atoms with E-state index < -0.39 is 9.84 Å². The number of urea groups is 1. The van der Waals surface area contributed by atoms with Crippen LogP contribution in [-0.4, -0.2) is 38.0 Å². The molecular formula is C16H24N2O3S. The lowest BCUT2D eigenvalue weighted by Gasteiger charge is -2.17. The Labute approximate surface area is 132 Å². The van der Waals surface area contributed by atoms with Crippen molar-refractivity contribution in [1.29, 1.82) is 0 Å². The molecule has 22 heavy (non-hydrogen) atoms. The van der Waals surface area contributed by atoms with Crippen LogP contribution in [0.2, 0.25) is 0 Å². The van der Waals surface area contributed by atoms with Crippen LogP contribution in [0.25, 0.3) is 0 Å². The molecular weight excluding hydrogens is 300 g/mol. The van der Waals surface area contributed by atoms with E-state index in [0.717, 1.165) is 6.42 Å². The molecule has 1 fully saturated rings. The number of hydrogen-bond donors (Lipinski definition) is 2. The molecule has 1 aliphatic heterocycles. The third kappa shape index (κ3) is 5.02. The van der Waals surface area contributed by atoms with Gasteiger partial charge in [-0.2, -0.15) is 0 Å². The summed E-state index contributed by atoms with van der Waals surface area (Å²) in [6, 6.07) is 5.78. The van der Waals surface area contributed by atoms with E-state index in [0.29, 0.717) is 6.42 Å². The highest BCUT2D eigenvalue weighted by molar-refractivity contribution is 7.91. The molecule has 1 heterocycles. The van der Waals surface area contributed by atoms with Crippen molar-refractivity contribution >= 4 is 15.9 Å². The standard InChI is InChI=1S/C16H24N2O3S/c1-11-6-12(2)8-14(7-11)9-13(3)17-16(19)18-15-4-5-22(20,21)10-15/h6-8,13,15H,4-5,9-10H2,1-3H3,(H2,17,18,19). The van der Waals surface area contributed by atoms with Crippen molar-refractivity contribution in [2.75, 3.05) is 11.5 Å². The number of aryl methyl sites for hydroxylation is 2. The van der Waals surface area contributed by atoms with Crippen molar-refractivity contribution in [3.05, 3.63) is 34.9 Å². The van der Waals surface area contributed by atoms with E-state index in [-0.39, 0.29) is 29.6 Å². The average Bonchev–Trinajstić information content (AvgIpc) is 2.66. The van der Waals surface area contributed by atoms with E-state index in [1.54, 1.807) is 0 Å². The van der Waals surface area contributed by atoms with Crippen molar-refractivity contribution < 1.29 is 13.2 Å². The summed E-state index contributed by atoms with van der Waals surface area (Å²) >= 11 is 0. The Balaban J connectivity index is 1.83. The Kier molecular flexibility index (Phi) is 5.11. The Morgan fingerprint density at radius 1 is 1.27 bits per heavy atom. The van der Waals surface area contributed by atoms with Gasteiger partial charge in [-0.1, -0.05) is 29.3 Å². The van der Waals surface area contributed by atoms with Crippen LogP contribution < -0.4 is 10.6 Å². The van der Waals surface area contributed by atoms with Crippen LogP contribution in [0.5, 0.6) is 0 Å². The summed E-state index contributed by atoms with van der Waals surface area (Å²) in [5.41, 5.74) is 3.61. The first-order chi connectivity index (χ1) is 10.2. The minimum Gasteiger partial charge on any atom is -0.335 e. The topological polar surface area (TPSA) is 75.3 Å². The third-order valence-corrected chi connectivity index (χ3v) is 5.54. The molecule has 5 nitrogen and oxygen atoms in total. The molecule has 2 unspecified atom stereocenters. The van der Waals surface area contributed by atoms with E-state index in [1.165, 1.54) is 16.7 Å². The number of nitrogens with one attached hydrogen (secondary N) is 2. The lowest BCUT2D eigenvalue weighted by atomic mass is 10.0. The third-order valence-electron chi connectivity index (χ3n) is 3.77. The highest BCUT2D eigenvalue weighted by Gasteiger charge is 2.29. The van der Waals surface area contributed by atoms with Gasteiger partial charge in [0, 0.05) is 12.1 Å². The van der Waals surface area contributed by atoms with Crippen molar-refractivity contribution in [2.24, 2.45) is 0 Å². The van der Waals surface area contributed by atoms with E-state index in [2.05, 4.69) is 42.7 Å². The Morgan fingerprint density at radius 3 is 2.45 bits per heavy atom. The molecule has 2 rings (SSSR count). The number of hydrogen-bond acceptors (Lipinski definition) is 3. The summed E-state index contributed by atoms with van der Waals surface area (Å²) in [5.74, 6) is 0.210. The van der Waals surface area contributed by atoms with Crippen LogP contribution in [0.1, 0.15) is 30.0 Å². The molecule has 6 heteroatoms. The van der Waals surface area contributed by atoms with Crippen molar-refractivity contribution in [3.8, 4) is 0 Å². The number of benzene rings is 1. The monoisotopic (exact) mass is 324 g/mol. The van der Waals surface area contributed by atoms with Crippen LogP contribution in [0, 0.1) is 13.8 Å². The maximum absolute atomic E-state index is 11.9. The fourth-order valence-corrected chi connectivity index (χ4v) is 4.62. The van der Waals surface area contributed by atoms with Gasteiger partial charge in [0.25, 0.3) is 0 Å². The molecule has 0 radical (unpaired) electrons. The van der Waals surface area contributed by atoms with Crippen molar-refractivity contribution in [2.45, 2.75) is 45.7 Å². The fraction of sp³-hybridized carbons (Fsp3) is 0.562. The highest BCUT2D eigenvalue weighted by Crippen LogP contribution is 2.12. The Morgan fingerprint density at radius 2 is 1.91 bits per heavy atom. The minimum absolute atomic E-state index is 0.0146. The van der Waals surface area contributed by atoms with Gasteiger partial charge in [0.1, 0.15) is 0 Å². The van der Waals surface area contributed by atoms with Gasteiger partial charge in [0.05, 0.1) is 11.5 Å². The van der Waals surface area contributed by atoms with E-state index >= 15 is 0 Å². The van der Waals surface area contributed by atoms with Gasteiger partial charge in [-0.15, -0.1) is 0 Å². The predicted molar refractivity (Wildman–Crippen MR) is 87.8 cm³/mol. The van der Waals surface area contributed by atoms with Gasteiger partial charge in [-0.05, 0) is 39.2 Å². The molecule has 0 aliphatic carbocycles. The summed E-state index contributed by atoms with van der Waals surface area (Å²) in [6.45, 7) is 6.06. The zero-order chi connectivity index (χ0) is 16.3. The summed E-state index contributed by atoms with van der Waals surface area (Å²) in [5, 5.41) is 5.62. The molecule has 2 amide bonds. The molecule has 1 aromatic carbocycles. The maximum atomic E-state index is 11.9. The number of carbonyl (C=O) groups excluding carboxylic acids is 1. The quantitative estimate of drug-likeness (QED) is 0.885. The van der Waals surface area contributed by atoms with E-state index in [9.17, 15) is 13.2 Å². The zero-order valence-corrected chi connectivity index (χ0v) is 14.2. The van der Waals surface area contributed by atoms with Crippen molar-refractivity contribution in [1.82, 2.24) is 10.6 Å². The predicted octanol–water partition coefficient (Wildman–Crippen LogP) is 1.72. The molecule has 2 atom stereocenters. The van der Waals surface area contributed by atoms with Crippen LogP contribution in [0.15, 0.2) is 18.2 Å². The van der Waals surface area contributed by atoms with Gasteiger partial charge >= 0.3 is 6.03 Å². The number of sulfone groups is 1. The van der Waals surface area contributed by atoms with Gasteiger partial charge in [-0.25, -0.2) is 13.2 Å². The first-order valence-electron chi connectivity index (χ1n) is 7.58. The highest BCUT2D eigenvalue weighted by atomic mass is 32.2. The Bertz CT molecular complexity index is 635. The first-order valence-corrected chi connectivity index (χ1v) is 9.40. The summed E-state index contributed by atoms with van der Waals surface area (Å²) in [4.78, 5) is 11.9. The molecule has 122 valence electrons. The van der Waals surface area contributed by atoms with Gasteiger partial charge in [0.2, 0.25) is 0 Å². The molecule has 0 spiro atoms. The van der Waals surface area contributed by atoms with Crippen LogP contribution >= 0.6 is 0 Å². The molecule has 2 N–H and O–H groups in total. The van der Waals surface area contributed by atoms with Crippen LogP contribution in [-0.2, 0) is 16.3 Å². The summed E-state index contributed by atoms with van der Waals surface area (Å²) in [6.07, 6.45) is 1.25. The van der Waals surface area contributed by atoms with Crippen molar-refractivity contribution in [3.63, 3.8) is 0 Å². The lowest BCUT2D eigenvalue weighted by Crippen LogP contribution is -2.46. The second kappa shape index (κ2) is 6.69. The second-order valence-electron chi connectivity index (χ2n) is 6.32.